The zero-order chi connectivity index (χ0) is 16.1. The standard InChI is InChI=1S/C18H14N2O3/c1-10-5-8-15(17(22)19-10)20-14-4-2-3-12-11(9-21)6-7-13(16(12)14)18(20)23/h2-4,6-7,9,15H,1,5,8H2,(H,19,22). The molecular weight excluding hydrogens is 292 g/mol. The number of piperidine rings is 1. The zero-order valence-corrected chi connectivity index (χ0v) is 12.3. The minimum Gasteiger partial charge on any atom is -0.329 e. The molecule has 5 heteroatoms. The van der Waals surface area contributed by atoms with E-state index in [1.165, 1.54) is 0 Å². The summed E-state index contributed by atoms with van der Waals surface area (Å²) in [5.41, 5.74) is 2.45. The van der Waals surface area contributed by atoms with E-state index in [-0.39, 0.29) is 11.8 Å². The number of benzene rings is 2. The highest BCUT2D eigenvalue weighted by Crippen LogP contribution is 2.40. The third-order valence-corrected chi connectivity index (χ3v) is 4.52. The molecule has 0 aliphatic carbocycles. The van der Waals surface area contributed by atoms with Crippen LogP contribution < -0.4 is 10.2 Å². The molecule has 0 radical (unpaired) electrons. The number of nitrogens with one attached hydrogen (secondary N) is 1. The predicted octanol–water partition coefficient (Wildman–Crippen LogP) is 2.40. The Balaban J connectivity index is 1.90. The summed E-state index contributed by atoms with van der Waals surface area (Å²) in [6, 6.07) is 8.22. The van der Waals surface area contributed by atoms with E-state index in [0.29, 0.717) is 35.4 Å². The van der Waals surface area contributed by atoms with Gasteiger partial charge >= 0.3 is 0 Å². The molecule has 2 aliphatic heterocycles. The molecule has 2 aliphatic rings. The molecule has 2 heterocycles. The maximum atomic E-state index is 12.8. The number of carbonyl (C=O) groups is 3. The van der Waals surface area contributed by atoms with Gasteiger partial charge in [-0.25, -0.2) is 0 Å². The number of aldehydes is 1. The van der Waals surface area contributed by atoms with E-state index >= 15 is 0 Å². The first-order chi connectivity index (χ1) is 11.1. The molecule has 1 atom stereocenters. The number of nitrogens with zero attached hydrogens (tertiary/aromatic N) is 1. The summed E-state index contributed by atoms with van der Waals surface area (Å²) in [4.78, 5) is 37.9. The average Bonchev–Trinajstić information content (AvgIpc) is 2.83. The number of carbonyl (C=O) groups excluding carboxylic acids is 3. The van der Waals surface area contributed by atoms with Gasteiger partial charge in [-0.15, -0.1) is 0 Å². The quantitative estimate of drug-likeness (QED) is 0.866. The number of hydrogen-bond acceptors (Lipinski definition) is 3. The molecule has 2 aromatic rings. The summed E-state index contributed by atoms with van der Waals surface area (Å²) in [7, 11) is 0. The number of allylic oxidation sites excluding steroid dienone is 1. The van der Waals surface area contributed by atoms with Gasteiger partial charge in [0, 0.05) is 22.2 Å². The minimum absolute atomic E-state index is 0.193. The molecule has 23 heavy (non-hydrogen) atoms. The molecule has 114 valence electrons. The highest BCUT2D eigenvalue weighted by atomic mass is 16.2. The Morgan fingerprint density at radius 2 is 2.04 bits per heavy atom. The van der Waals surface area contributed by atoms with E-state index in [0.717, 1.165) is 17.1 Å². The summed E-state index contributed by atoms with van der Waals surface area (Å²) in [6.07, 6.45) is 1.97. The lowest BCUT2D eigenvalue weighted by Gasteiger charge is -2.31. The Hall–Kier alpha value is -2.95. The van der Waals surface area contributed by atoms with E-state index in [2.05, 4.69) is 11.9 Å². The van der Waals surface area contributed by atoms with Gasteiger partial charge in [0.05, 0.1) is 5.69 Å². The Morgan fingerprint density at radius 3 is 2.78 bits per heavy atom. The van der Waals surface area contributed by atoms with Crippen molar-refractivity contribution in [2.45, 2.75) is 18.9 Å². The molecule has 2 amide bonds. The summed E-state index contributed by atoms with van der Waals surface area (Å²) in [6.45, 7) is 3.77. The largest absolute Gasteiger partial charge is 0.329 e. The summed E-state index contributed by atoms with van der Waals surface area (Å²) in [5, 5.41) is 4.22. The van der Waals surface area contributed by atoms with Crippen LogP contribution in [0.5, 0.6) is 0 Å². The number of anilines is 1. The number of rotatable bonds is 2. The molecule has 0 aromatic heterocycles. The maximum Gasteiger partial charge on any atom is 0.259 e. The van der Waals surface area contributed by atoms with Crippen LogP contribution in [-0.4, -0.2) is 24.1 Å². The Morgan fingerprint density at radius 1 is 1.22 bits per heavy atom. The molecule has 0 bridgehead atoms. The second-order valence-electron chi connectivity index (χ2n) is 5.84. The first-order valence-corrected chi connectivity index (χ1v) is 7.45. The molecule has 4 rings (SSSR count). The van der Waals surface area contributed by atoms with Gasteiger partial charge in [-0.05, 0) is 30.4 Å². The lowest BCUT2D eigenvalue weighted by molar-refractivity contribution is -0.122. The van der Waals surface area contributed by atoms with Gasteiger partial charge in [-0.3, -0.25) is 19.3 Å². The van der Waals surface area contributed by atoms with Crippen LogP contribution in [0.15, 0.2) is 42.6 Å². The van der Waals surface area contributed by atoms with Gasteiger partial charge in [0.2, 0.25) is 5.91 Å². The van der Waals surface area contributed by atoms with Crippen LogP contribution >= 0.6 is 0 Å². The van der Waals surface area contributed by atoms with Crippen LogP contribution in [0.25, 0.3) is 10.8 Å². The SMILES string of the molecule is C=C1CCC(N2C(=O)c3ccc(C=O)c4cccc2c34)C(=O)N1. The zero-order valence-electron chi connectivity index (χ0n) is 12.3. The first-order valence-electron chi connectivity index (χ1n) is 7.45. The average molecular weight is 306 g/mol. The molecule has 1 N–H and O–H groups in total. The normalized spacial score (nSPS) is 20.1. The molecular formula is C18H14N2O3. The molecule has 0 saturated carbocycles. The van der Waals surface area contributed by atoms with Crippen LogP contribution in [0.2, 0.25) is 0 Å². The Labute approximate surface area is 132 Å². The van der Waals surface area contributed by atoms with Gasteiger partial charge in [0.1, 0.15) is 6.04 Å². The fourth-order valence-electron chi connectivity index (χ4n) is 3.45. The number of hydrogen-bond donors (Lipinski definition) is 1. The summed E-state index contributed by atoms with van der Waals surface area (Å²) >= 11 is 0. The van der Waals surface area contributed by atoms with Crippen molar-refractivity contribution in [3.8, 4) is 0 Å². The highest BCUT2D eigenvalue weighted by Gasteiger charge is 2.39. The predicted molar refractivity (Wildman–Crippen MR) is 86.4 cm³/mol. The van der Waals surface area contributed by atoms with Gasteiger partial charge in [-0.2, -0.15) is 0 Å². The van der Waals surface area contributed by atoms with E-state index in [1.807, 2.05) is 12.1 Å². The van der Waals surface area contributed by atoms with E-state index in [4.69, 9.17) is 0 Å². The van der Waals surface area contributed by atoms with Crippen molar-refractivity contribution in [1.29, 1.82) is 0 Å². The third-order valence-electron chi connectivity index (χ3n) is 4.52. The van der Waals surface area contributed by atoms with Crippen molar-refractivity contribution in [3.63, 3.8) is 0 Å². The van der Waals surface area contributed by atoms with Gasteiger partial charge in [0.25, 0.3) is 5.91 Å². The van der Waals surface area contributed by atoms with Crippen molar-refractivity contribution in [2.75, 3.05) is 4.90 Å². The molecule has 2 aromatic carbocycles. The third kappa shape index (κ3) is 1.83. The van der Waals surface area contributed by atoms with Crippen molar-refractivity contribution >= 4 is 34.6 Å². The van der Waals surface area contributed by atoms with E-state index < -0.39 is 6.04 Å². The minimum atomic E-state index is -0.550. The lowest BCUT2D eigenvalue weighted by atomic mass is 10.0. The summed E-state index contributed by atoms with van der Waals surface area (Å²) < 4.78 is 0. The first kappa shape index (κ1) is 13.7. The molecule has 1 fully saturated rings. The van der Waals surface area contributed by atoms with Crippen LogP contribution in [0.3, 0.4) is 0 Å². The highest BCUT2D eigenvalue weighted by molar-refractivity contribution is 6.28. The van der Waals surface area contributed by atoms with Crippen LogP contribution in [0, 0.1) is 0 Å². The molecule has 0 spiro atoms. The maximum absolute atomic E-state index is 12.8. The van der Waals surface area contributed by atoms with Crippen LogP contribution in [-0.2, 0) is 4.79 Å². The van der Waals surface area contributed by atoms with Crippen molar-refractivity contribution in [2.24, 2.45) is 0 Å². The van der Waals surface area contributed by atoms with Crippen LogP contribution in [0.1, 0.15) is 33.6 Å². The fraction of sp³-hybridized carbons (Fsp3) is 0.167. The topological polar surface area (TPSA) is 66.5 Å². The van der Waals surface area contributed by atoms with Crippen molar-refractivity contribution < 1.29 is 14.4 Å². The van der Waals surface area contributed by atoms with E-state index in [1.54, 1.807) is 23.1 Å². The fourth-order valence-corrected chi connectivity index (χ4v) is 3.45. The van der Waals surface area contributed by atoms with Gasteiger partial charge in [0.15, 0.2) is 6.29 Å². The van der Waals surface area contributed by atoms with Crippen molar-refractivity contribution in [1.82, 2.24) is 5.32 Å². The van der Waals surface area contributed by atoms with Crippen LogP contribution in [0.4, 0.5) is 5.69 Å². The van der Waals surface area contributed by atoms with Gasteiger partial charge < -0.3 is 5.32 Å². The molecule has 5 nitrogen and oxygen atoms in total. The lowest BCUT2D eigenvalue weighted by Crippen LogP contribution is -2.51. The summed E-state index contributed by atoms with van der Waals surface area (Å²) in [5.74, 6) is -0.406. The monoisotopic (exact) mass is 306 g/mol. The number of amides is 2. The molecule has 1 unspecified atom stereocenters. The molecule has 1 saturated heterocycles. The second kappa shape index (κ2) is 4.78. The Kier molecular flexibility index (Phi) is 2.84. The van der Waals surface area contributed by atoms with E-state index in [9.17, 15) is 14.4 Å². The smallest absolute Gasteiger partial charge is 0.259 e. The Bertz CT molecular complexity index is 901. The van der Waals surface area contributed by atoms with Crippen molar-refractivity contribution in [3.05, 3.63) is 53.7 Å². The van der Waals surface area contributed by atoms with Gasteiger partial charge in [-0.1, -0.05) is 24.8 Å². The second-order valence-corrected chi connectivity index (χ2v) is 5.84.